The number of aliphatic hydroxyl groups is 1. The first-order chi connectivity index (χ1) is 7.18. The zero-order valence-electron chi connectivity index (χ0n) is 8.90. The molecule has 0 bridgehead atoms. The van der Waals surface area contributed by atoms with Gasteiger partial charge in [-0.15, -0.1) is 11.3 Å². The van der Waals surface area contributed by atoms with Crippen molar-refractivity contribution in [3.8, 4) is 0 Å². The quantitative estimate of drug-likeness (QED) is 0.822. The third kappa shape index (κ3) is 1.95. The standard InChI is InChI=1S/C11H17NO2S/c1-8-2-3-9(15-8)10(13)11(6-12)4-5-14-7-11/h2-3,10,13H,4-7,12H2,1H3. The van der Waals surface area contributed by atoms with Gasteiger partial charge in [-0.1, -0.05) is 0 Å². The second-order valence-corrected chi connectivity index (χ2v) is 5.54. The van der Waals surface area contributed by atoms with Crippen molar-refractivity contribution >= 4 is 11.3 Å². The van der Waals surface area contributed by atoms with Gasteiger partial charge in [-0.2, -0.15) is 0 Å². The fourth-order valence-electron chi connectivity index (χ4n) is 2.01. The molecule has 84 valence electrons. The first kappa shape index (κ1) is 11.1. The van der Waals surface area contributed by atoms with Crippen molar-refractivity contribution in [3.05, 3.63) is 21.9 Å². The summed E-state index contributed by atoms with van der Waals surface area (Å²) >= 11 is 1.64. The van der Waals surface area contributed by atoms with Crippen LogP contribution in [0.4, 0.5) is 0 Å². The molecule has 2 rings (SSSR count). The molecule has 0 spiro atoms. The SMILES string of the molecule is Cc1ccc(C(O)C2(CN)CCOC2)s1. The Morgan fingerprint density at radius 3 is 2.93 bits per heavy atom. The summed E-state index contributed by atoms with van der Waals surface area (Å²) in [4.78, 5) is 2.22. The van der Waals surface area contributed by atoms with E-state index in [2.05, 4.69) is 0 Å². The number of nitrogens with two attached hydrogens (primary N) is 1. The van der Waals surface area contributed by atoms with E-state index in [4.69, 9.17) is 10.5 Å². The van der Waals surface area contributed by atoms with Gasteiger partial charge in [-0.25, -0.2) is 0 Å². The topological polar surface area (TPSA) is 55.5 Å². The molecule has 1 fully saturated rings. The summed E-state index contributed by atoms with van der Waals surface area (Å²) in [5, 5.41) is 10.3. The lowest BCUT2D eigenvalue weighted by atomic mass is 9.81. The fourth-order valence-corrected chi connectivity index (χ4v) is 3.02. The van der Waals surface area contributed by atoms with Crippen molar-refractivity contribution in [2.75, 3.05) is 19.8 Å². The van der Waals surface area contributed by atoms with E-state index in [1.807, 2.05) is 19.1 Å². The van der Waals surface area contributed by atoms with Gasteiger partial charge in [0, 0.05) is 28.3 Å². The van der Waals surface area contributed by atoms with Crippen LogP contribution in [0.3, 0.4) is 0 Å². The van der Waals surface area contributed by atoms with Crippen molar-refractivity contribution in [1.82, 2.24) is 0 Å². The molecule has 2 heterocycles. The van der Waals surface area contributed by atoms with Gasteiger partial charge in [-0.05, 0) is 25.5 Å². The molecular formula is C11H17NO2S. The Kier molecular flexibility index (Phi) is 3.11. The first-order valence-electron chi connectivity index (χ1n) is 5.20. The largest absolute Gasteiger partial charge is 0.387 e. The van der Waals surface area contributed by atoms with Crippen LogP contribution in [0, 0.1) is 12.3 Å². The van der Waals surface area contributed by atoms with Crippen molar-refractivity contribution in [1.29, 1.82) is 0 Å². The number of thiophene rings is 1. The Morgan fingerprint density at radius 2 is 2.47 bits per heavy atom. The van der Waals surface area contributed by atoms with Crippen molar-refractivity contribution in [2.45, 2.75) is 19.4 Å². The van der Waals surface area contributed by atoms with Crippen LogP contribution in [0.2, 0.25) is 0 Å². The minimum atomic E-state index is -0.483. The van der Waals surface area contributed by atoms with Gasteiger partial charge in [0.05, 0.1) is 12.7 Å². The molecule has 1 aromatic heterocycles. The van der Waals surface area contributed by atoms with Gasteiger partial charge >= 0.3 is 0 Å². The molecule has 1 aliphatic rings. The number of rotatable bonds is 3. The van der Waals surface area contributed by atoms with Gasteiger partial charge in [-0.3, -0.25) is 0 Å². The molecule has 2 atom stereocenters. The van der Waals surface area contributed by atoms with E-state index >= 15 is 0 Å². The van der Waals surface area contributed by atoms with Crippen LogP contribution in [0.25, 0.3) is 0 Å². The van der Waals surface area contributed by atoms with E-state index in [9.17, 15) is 5.11 Å². The molecule has 0 aromatic carbocycles. The van der Waals surface area contributed by atoms with Crippen LogP contribution < -0.4 is 5.73 Å². The Labute approximate surface area is 93.9 Å². The van der Waals surface area contributed by atoms with E-state index in [1.165, 1.54) is 4.88 Å². The molecule has 1 aromatic rings. The molecule has 0 aliphatic carbocycles. The number of hydrogen-bond acceptors (Lipinski definition) is 4. The molecule has 4 heteroatoms. The summed E-state index contributed by atoms with van der Waals surface area (Å²) in [5.41, 5.74) is 5.51. The molecule has 1 aliphatic heterocycles. The normalized spacial score (nSPS) is 28.2. The summed E-state index contributed by atoms with van der Waals surface area (Å²) in [5.74, 6) is 0. The van der Waals surface area contributed by atoms with Crippen LogP contribution in [-0.2, 0) is 4.74 Å². The highest BCUT2D eigenvalue weighted by Gasteiger charge is 2.41. The van der Waals surface area contributed by atoms with Crippen molar-refractivity contribution in [3.63, 3.8) is 0 Å². The van der Waals surface area contributed by atoms with Crippen LogP contribution in [0.15, 0.2) is 12.1 Å². The third-order valence-electron chi connectivity index (χ3n) is 3.15. The van der Waals surface area contributed by atoms with Gasteiger partial charge in [0.2, 0.25) is 0 Å². The maximum absolute atomic E-state index is 10.3. The molecule has 15 heavy (non-hydrogen) atoms. The van der Waals surface area contributed by atoms with E-state index in [1.54, 1.807) is 11.3 Å². The van der Waals surface area contributed by atoms with Crippen LogP contribution in [0.1, 0.15) is 22.3 Å². The lowest BCUT2D eigenvalue weighted by molar-refractivity contribution is 0.0215. The number of ether oxygens (including phenoxy) is 1. The molecule has 1 saturated heterocycles. The van der Waals surface area contributed by atoms with E-state index in [-0.39, 0.29) is 5.41 Å². The number of hydrogen-bond donors (Lipinski definition) is 2. The summed E-state index contributed by atoms with van der Waals surface area (Å²) in [7, 11) is 0. The Hall–Kier alpha value is -0.420. The second-order valence-electron chi connectivity index (χ2n) is 4.22. The zero-order valence-corrected chi connectivity index (χ0v) is 9.72. The molecule has 3 N–H and O–H groups in total. The number of aryl methyl sites for hydroxylation is 1. The maximum atomic E-state index is 10.3. The average molecular weight is 227 g/mol. The maximum Gasteiger partial charge on any atom is 0.0973 e. The predicted molar refractivity (Wildman–Crippen MR) is 60.9 cm³/mol. The summed E-state index contributed by atoms with van der Waals surface area (Å²) < 4.78 is 5.37. The highest BCUT2D eigenvalue weighted by atomic mass is 32.1. The second kappa shape index (κ2) is 4.22. The van der Waals surface area contributed by atoms with Crippen molar-refractivity contribution < 1.29 is 9.84 Å². The summed E-state index contributed by atoms with van der Waals surface area (Å²) in [6.45, 7) is 3.80. The third-order valence-corrected chi connectivity index (χ3v) is 4.20. The zero-order chi connectivity index (χ0) is 10.9. The van der Waals surface area contributed by atoms with Crippen LogP contribution in [-0.4, -0.2) is 24.9 Å². The summed E-state index contributed by atoms with van der Waals surface area (Å²) in [6, 6.07) is 4.02. The molecule has 3 nitrogen and oxygen atoms in total. The minimum absolute atomic E-state index is 0.267. The number of aliphatic hydroxyl groups excluding tert-OH is 1. The molecule has 0 amide bonds. The summed E-state index contributed by atoms with van der Waals surface area (Å²) in [6.07, 6.45) is 0.366. The van der Waals surface area contributed by atoms with E-state index < -0.39 is 6.10 Å². The Balaban J connectivity index is 2.21. The van der Waals surface area contributed by atoms with Crippen LogP contribution in [0.5, 0.6) is 0 Å². The monoisotopic (exact) mass is 227 g/mol. The molecule has 0 radical (unpaired) electrons. The predicted octanol–water partition coefficient (Wildman–Crippen LogP) is 1.46. The minimum Gasteiger partial charge on any atom is -0.387 e. The fraction of sp³-hybridized carbons (Fsp3) is 0.636. The Bertz CT molecular complexity index is 331. The van der Waals surface area contributed by atoms with Crippen LogP contribution >= 0.6 is 11.3 Å². The van der Waals surface area contributed by atoms with Gasteiger partial charge < -0.3 is 15.6 Å². The molecule has 0 saturated carbocycles. The average Bonchev–Trinajstić information content (AvgIpc) is 2.86. The lowest BCUT2D eigenvalue weighted by Crippen LogP contribution is -2.37. The van der Waals surface area contributed by atoms with E-state index in [0.717, 1.165) is 11.3 Å². The molecule has 2 unspecified atom stereocenters. The van der Waals surface area contributed by atoms with Gasteiger partial charge in [0.1, 0.15) is 0 Å². The van der Waals surface area contributed by atoms with Gasteiger partial charge in [0.15, 0.2) is 0 Å². The Morgan fingerprint density at radius 1 is 1.67 bits per heavy atom. The van der Waals surface area contributed by atoms with Crippen molar-refractivity contribution in [2.24, 2.45) is 11.1 Å². The van der Waals surface area contributed by atoms with E-state index in [0.29, 0.717) is 19.8 Å². The first-order valence-corrected chi connectivity index (χ1v) is 6.02. The highest BCUT2D eigenvalue weighted by molar-refractivity contribution is 7.12. The molecular weight excluding hydrogens is 210 g/mol. The highest BCUT2D eigenvalue weighted by Crippen LogP contribution is 2.42. The smallest absolute Gasteiger partial charge is 0.0973 e. The lowest BCUT2D eigenvalue weighted by Gasteiger charge is -2.30. The van der Waals surface area contributed by atoms with Gasteiger partial charge in [0.25, 0.3) is 0 Å².